The summed E-state index contributed by atoms with van der Waals surface area (Å²) >= 11 is 0. The van der Waals surface area contributed by atoms with Crippen LogP contribution in [0.1, 0.15) is 32.8 Å². The number of ether oxygens (including phenoxy) is 1. The SMILES string of the molecule is C=C(C1=C2C(=NCN1)NC1=C[C@@H]([C@@H]3C(C)ON[C@@H]3C)C(OC)C[C@H]12)/C(=N\N(C)CC)c1ccccc1. The molecule has 36 heavy (non-hydrogen) atoms. The van der Waals surface area contributed by atoms with Gasteiger partial charge in [0.2, 0.25) is 0 Å². The highest BCUT2D eigenvalue weighted by molar-refractivity contribution is 6.17. The van der Waals surface area contributed by atoms with Gasteiger partial charge in [0.1, 0.15) is 12.5 Å². The molecule has 0 saturated carbocycles. The minimum Gasteiger partial charge on any atom is -0.381 e. The van der Waals surface area contributed by atoms with Crippen LogP contribution in [0.2, 0.25) is 0 Å². The van der Waals surface area contributed by atoms with Gasteiger partial charge < -0.3 is 15.4 Å². The summed E-state index contributed by atoms with van der Waals surface area (Å²) < 4.78 is 6.09. The summed E-state index contributed by atoms with van der Waals surface area (Å²) in [6, 6.07) is 10.5. The van der Waals surface area contributed by atoms with Crippen LogP contribution in [0.5, 0.6) is 0 Å². The van der Waals surface area contributed by atoms with Gasteiger partial charge in [-0.3, -0.25) is 9.85 Å². The lowest BCUT2D eigenvalue weighted by atomic mass is 9.72. The van der Waals surface area contributed by atoms with Crippen molar-refractivity contribution in [3.63, 3.8) is 0 Å². The predicted octanol–water partition coefficient (Wildman–Crippen LogP) is 3.18. The Morgan fingerprint density at radius 1 is 1.28 bits per heavy atom. The molecule has 3 N–H and O–H groups in total. The third-order valence-corrected chi connectivity index (χ3v) is 7.94. The molecule has 3 heterocycles. The second-order valence-electron chi connectivity index (χ2n) is 10.1. The first-order valence-corrected chi connectivity index (χ1v) is 12.9. The van der Waals surface area contributed by atoms with Crippen molar-refractivity contribution in [2.24, 2.45) is 27.8 Å². The number of fused-ring (bicyclic) bond motifs is 3. The maximum absolute atomic E-state index is 6.09. The maximum Gasteiger partial charge on any atom is 0.133 e. The zero-order valence-corrected chi connectivity index (χ0v) is 21.9. The number of amidine groups is 1. The Labute approximate surface area is 214 Å². The van der Waals surface area contributed by atoms with E-state index in [4.69, 9.17) is 19.7 Å². The van der Waals surface area contributed by atoms with Gasteiger partial charge >= 0.3 is 0 Å². The molecular weight excluding hydrogens is 452 g/mol. The maximum atomic E-state index is 6.09. The standard InChI is InChI=1S/C28H38N6O2/c1-7-34(5)32-26(19-11-9-8-10-12-19)16(2)27-25-20-14-23(35-6)21(24-17(3)33-36-18(24)4)13-22(20)31-28(25)30-15-29-27/h8-13,17-18,20-21,23-24,29,33H,2,7,14-15H2,1,3-6H3,(H,30,31)/b32-26+/t17-,18?,20-,21-,23?,24+/m1/s1. The van der Waals surface area contributed by atoms with Crippen LogP contribution in [-0.2, 0) is 9.57 Å². The highest BCUT2D eigenvalue weighted by atomic mass is 16.7. The fourth-order valence-electron chi connectivity index (χ4n) is 5.98. The number of nitrogens with zero attached hydrogens (tertiary/aromatic N) is 3. The van der Waals surface area contributed by atoms with E-state index in [1.165, 1.54) is 5.70 Å². The van der Waals surface area contributed by atoms with Gasteiger partial charge in [-0.1, -0.05) is 43.0 Å². The first-order valence-electron chi connectivity index (χ1n) is 12.9. The molecule has 8 nitrogen and oxygen atoms in total. The molecule has 3 aliphatic heterocycles. The van der Waals surface area contributed by atoms with Crippen LogP contribution >= 0.6 is 0 Å². The number of hydrazone groups is 1. The van der Waals surface area contributed by atoms with Crippen molar-refractivity contribution in [3.8, 4) is 0 Å². The second kappa shape index (κ2) is 10.2. The number of nitrogens with one attached hydrogen (secondary N) is 3. The molecule has 1 aromatic carbocycles. The van der Waals surface area contributed by atoms with Gasteiger partial charge in [0.25, 0.3) is 0 Å². The quantitative estimate of drug-likeness (QED) is 0.402. The van der Waals surface area contributed by atoms with Crippen molar-refractivity contribution < 1.29 is 9.57 Å². The van der Waals surface area contributed by atoms with E-state index in [0.717, 1.165) is 46.9 Å². The Morgan fingerprint density at radius 3 is 2.72 bits per heavy atom. The molecule has 0 aromatic heterocycles. The Balaban J connectivity index is 1.54. The average molecular weight is 491 g/mol. The molecular formula is C28H38N6O2. The lowest BCUT2D eigenvalue weighted by Gasteiger charge is -2.37. The van der Waals surface area contributed by atoms with E-state index >= 15 is 0 Å². The van der Waals surface area contributed by atoms with E-state index in [1.807, 2.05) is 37.4 Å². The fourth-order valence-corrected chi connectivity index (χ4v) is 5.98. The molecule has 2 saturated heterocycles. The summed E-state index contributed by atoms with van der Waals surface area (Å²) in [6.45, 7) is 12.3. The van der Waals surface area contributed by atoms with Crippen molar-refractivity contribution in [1.82, 2.24) is 21.1 Å². The molecule has 192 valence electrons. The van der Waals surface area contributed by atoms with Crippen LogP contribution in [0.4, 0.5) is 0 Å². The summed E-state index contributed by atoms with van der Waals surface area (Å²) in [5.41, 5.74) is 9.31. The molecule has 0 amide bonds. The van der Waals surface area contributed by atoms with Gasteiger partial charge in [-0.2, -0.15) is 10.6 Å². The largest absolute Gasteiger partial charge is 0.381 e. The van der Waals surface area contributed by atoms with Crippen LogP contribution in [0.15, 0.2) is 75.6 Å². The van der Waals surface area contributed by atoms with Crippen LogP contribution in [0.25, 0.3) is 0 Å². The molecule has 0 radical (unpaired) electrons. The number of allylic oxidation sites excluding steroid dienone is 2. The van der Waals surface area contributed by atoms with Gasteiger partial charge in [0, 0.05) is 66.9 Å². The lowest BCUT2D eigenvalue weighted by molar-refractivity contribution is -0.00350. The number of rotatable bonds is 7. The van der Waals surface area contributed by atoms with Gasteiger partial charge in [0.05, 0.1) is 23.6 Å². The van der Waals surface area contributed by atoms with Gasteiger partial charge in [0.15, 0.2) is 0 Å². The Bertz CT molecular complexity index is 1110. The summed E-state index contributed by atoms with van der Waals surface area (Å²) in [5, 5.41) is 14.0. The number of hydroxylamine groups is 1. The monoisotopic (exact) mass is 490 g/mol. The smallest absolute Gasteiger partial charge is 0.133 e. The van der Waals surface area contributed by atoms with E-state index in [0.29, 0.717) is 12.6 Å². The molecule has 6 atom stereocenters. The van der Waals surface area contributed by atoms with Crippen LogP contribution in [0, 0.1) is 17.8 Å². The molecule has 2 fully saturated rings. The first-order chi connectivity index (χ1) is 17.4. The van der Waals surface area contributed by atoms with Crippen molar-refractivity contribution in [2.75, 3.05) is 27.4 Å². The number of hydrogen-bond acceptors (Lipinski definition) is 8. The Hall–Kier alpha value is -2.94. The molecule has 0 spiro atoms. The normalized spacial score (nSPS) is 31.6. The Morgan fingerprint density at radius 2 is 2.06 bits per heavy atom. The van der Waals surface area contributed by atoms with Gasteiger partial charge in [-0.25, -0.2) is 4.99 Å². The molecule has 1 aromatic rings. The first kappa shape index (κ1) is 24.7. The minimum absolute atomic E-state index is 0.0794. The molecule has 1 aliphatic carbocycles. The summed E-state index contributed by atoms with van der Waals surface area (Å²) in [5.74, 6) is 1.66. The highest BCUT2D eigenvalue weighted by Crippen LogP contribution is 2.45. The van der Waals surface area contributed by atoms with Gasteiger partial charge in [-0.15, -0.1) is 0 Å². The van der Waals surface area contributed by atoms with Crippen molar-refractivity contribution in [3.05, 3.63) is 71.1 Å². The second-order valence-corrected chi connectivity index (χ2v) is 10.1. The van der Waals surface area contributed by atoms with E-state index < -0.39 is 0 Å². The zero-order valence-electron chi connectivity index (χ0n) is 21.9. The van der Waals surface area contributed by atoms with E-state index in [1.54, 1.807) is 0 Å². The lowest BCUT2D eigenvalue weighted by Crippen LogP contribution is -2.41. The third kappa shape index (κ3) is 4.38. The molecule has 8 heteroatoms. The van der Waals surface area contributed by atoms with E-state index in [9.17, 15) is 0 Å². The van der Waals surface area contributed by atoms with Crippen molar-refractivity contribution >= 4 is 11.5 Å². The topological polar surface area (TPSA) is 82.5 Å². The molecule has 0 bridgehead atoms. The van der Waals surface area contributed by atoms with Crippen LogP contribution < -0.4 is 16.1 Å². The van der Waals surface area contributed by atoms with Crippen molar-refractivity contribution in [1.29, 1.82) is 0 Å². The predicted molar refractivity (Wildman–Crippen MR) is 143 cm³/mol. The minimum atomic E-state index is 0.0794. The fraction of sp³-hybridized carbons (Fsp3) is 0.500. The van der Waals surface area contributed by atoms with E-state index in [-0.39, 0.29) is 30.1 Å². The van der Waals surface area contributed by atoms with Crippen molar-refractivity contribution in [2.45, 2.75) is 45.4 Å². The zero-order chi connectivity index (χ0) is 25.4. The highest BCUT2D eigenvalue weighted by Gasteiger charge is 2.47. The van der Waals surface area contributed by atoms with Crippen LogP contribution in [-0.4, -0.2) is 62.2 Å². The molecule has 5 rings (SSSR count). The number of methoxy groups -OCH3 is 1. The number of aliphatic imine (C=N–C) groups is 1. The molecule has 4 aliphatic rings. The number of benzene rings is 1. The molecule has 2 unspecified atom stereocenters. The third-order valence-electron chi connectivity index (χ3n) is 7.94. The van der Waals surface area contributed by atoms with Crippen LogP contribution in [0.3, 0.4) is 0 Å². The number of hydrogen-bond donors (Lipinski definition) is 3. The summed E-state index contributed by atoms with van der Waals surface area (Å²) in [4.78, 5) is 10.5. The summed E-state index contributed by atoms with van der Waals surface area (Å²) in [7, 11) is 3.81. The Kier molecular flexibility index (Phi) is 7.01. The summed E-state index contributed by atoms with van der Waals surface area (Å²) in [6.07, 6.45) is 3.43. The average Bonchev–Trinajstić information content (AvgIpc) is 3.44. The van der Waals surface area contributed by atoms with Gasteiger partial charge in [-0.05, 0) is 27.2 Å². The van der Waals surface area contributed by atoms with E-state index in [2.05, 4.69) is 61.7 Å².